The van der Waals surface area contributed by atoms with Crippen molar-refractivity contribution >= 4 is 7.85 Å². The van der Waals surface area contributed by atoms with Gasteiger partial charge in [-0.1, -0.05) is 0 Å². The Balaban J connectivity index is 2.23. The maximum atomic E-state index is 8.64. The van der Waals surface area contributed by atoms with Gasteiger partial charge in [0.15, 0.2) is 0 Å². The molecule has 0 aromatic heterocycles. The molecule has 1 saturated heterocycles. The Morgan fingerprint density at radius 1 is 1.67 bits per heavy atom. The minimum Gasteiger partial charge on any atom is -0.394 e. The van der Waals surface area contributed by atoms with Crippen molar-refractivity contribution in [3.63, 3.8) is 0 Å². The molecule has 1 aliphatic rings. The van der Waals surface area contributed by atoms with Crippen LogP contribution in [0.25, 0.3) is 0 Å². The fourth-order valence-electron chi connectivity index (χ4n) is 0.980. The summed E-state index contributed by atoms with van der Waals surface area (Å²) in [4.78, 5) is 0. The van der Waals surface area contributed by atoms with E-state index in [1.54, 1.807) is 0 Å². The first-order valence-electron chi connectivity index (χ1n) is 3.30. The van der Waals surface area contributed by atoms with Crippen molar-refractivity contribution in [1.29, 1.82) is 0 Å². The molecule has 2 atom stereocenters. The Kier molecular flexibility index (Phi) is 2.51. The van der Waals surface area contributed by atoms with Gasteiger partial charge in [0.1, 0.15) is 7.85 Å². The van der Waals surface area contributed by atoms with E-state index in [2.05, 4.69) is 5.32 Å². The van der Waals surface area contributed by atoms with Crippen molar-refractivity contribution in [3.8, 4) is 0 Å². The summed E-state index contributed by atoms with van der Waals surface area (Å²) in [6.45, 7) is 1.80. The molecule has 2 N–H and O–H groups in total. The molecular weight excluding hydrogens is 117 g/mol. The zero-order valence-corrected chi connectivity index (χ0v) is 5.63. The van der Waals surface area contributed by atoms with Crippen LogP contribution in [0.4, 0.5) is 0 Å². The molecule has 52 valence electrons. The number of hydrogen-bond acceptors (Lipinski definition) is 3. The lowest BCUT2D eigenvalue weighted by Gasteiger charge is -2.27. The smallest absolute Gasteiger partial charge is 0.140 e. The third-order valence-corrected chi connectivity index (χ3v) is 1.43. The lowest BCUT2D eigenvalue weighted by atomic mass is 9.98. The number of rotatable bonds is 1. The Hall–Kier alpha value is -0.0551. The number of nitrogens with one attached hydrogen (secondary N) is 1. The van der Waals surface area contributed by atoms with Gasteiger partial charge in [-0.2, -0.15) is 0 Å². The van der Waals surface area contributed by atoms with Gasteiger partial charge < -0.3 is 15.2 Å². The maximum Gasteiger partial charge on any atom is 0.140 e. The van der Waals surface area contributed by atoms with Crippen molar-refractivity contribution < 1.29 is 9.84 Å². The average Bonchev–Trinajstić information content (AvgIpc) is 1.88. The maximum absolute atomic E-state index is 8.64. The molecule has 0 aromatic carbocycles. The van der Waals surface area contributed by atoms with Crippen LogP contribution >= 0.6 is 0 Å². The van der Waals surface area contributed by atoms with E-state index < -0.39 is 0 Å². The highest BCUT2D eigenvalue weighted by molar-refractivity contribution is 6.11. The van der Waals surface area contributed by atoms with Crippen molar-refractivity contribution in [2.24, 2.45) is 0 Å². The molecule has 1 rings (SSSR count). The van der Waals surface area contributed by atoms with Gasteiger partial charge in [-0.25, -0.2) is 0 Å². The molecule has 1 heterocycles. The molecule has 0 bridgehead atoms. The highest BCUT2D eigenvalue weighted by atomic mass is 16.5. The highest BCUT2D eigenvalue weighted by Gasteiger charge is 2.16. The normalized spacial score (nSPS) is 36.6. The molecular formula is C5H12BNO2. The third-order valence-electron chi connectivity index (χ3n) is 1.43. The second kappa shape index (κ2) is 3.20. The number of aliphatic hydroxyl groups excluding tert-OH is 1. The van der Waals surface area contributed by atoms with Gasteiger partial charge in [0.25, 0.3) is 0 Å². The van der Waals surface area contributed by atoms with Crippen LogP contribution < -0.4 is 5.32 Å². The fraction of sp³-hybridized carbons (Fsp3) is 1.00. The number of hydrogen-bond donors (Lipinski definition) is 2. The Morgan fingerprint density at radius 3 is 2.89 bits per heavy atom. The van der Waals surface area contributed by atoms with E-state index in [9.17, 15) is 0 Å². The van der Waals surface area contributed by atoms with Gasteiger partial charge in [0, 0.05) is 19.1 Å². The quantitative estimate of drug-likeness (QED) is 0.399. The van der Waals surface area contributed by atoms with Crippen LogP contribution in [0.2, 0.25) is 0 Å². The summed E-state index contributed by atoms with van der Waals surface area (Å²) in [6, 6.07) is 0.246. The van der Waals surface area contributed by atoms with Crippen LogP contribution in [0.5, 0.6) is 0 Å². The summed E-state index contributed by atoms with van der Waals surface area (Å²) in [7, 11) is 1.99. The van der Waals surface area contributed by atoms with Crippen LogP contribution in [-0.4, -0.2) is 44.8 Å². The van der Waals surface area contributed by atoms with Crippen LogP contribution in [0.15, 0.2) is 0 Å². The molecule has 1 aliphatic heterocycles. The van der Waals surface area contributed by atoms with Gasteiger partial charge in [-0.15, -0.1) is 0 Å². The minimum absolute atomic E-state index is 0.00810. The van der Waals surface area contributed by atoms with Crippen molar-refractivity contribution in [3.05, 3.63) is 0 Å². The predicted molar refractivity (Wildman–Crippen MR) is 37.2 cm³/mol. The molecule has 9 heavy (non-hydrogen) atoms. The Morgan fingerprint density at radius 2 is 2.44 bits per heavy atom. The number of morpholine rings is 1. The molecule has 3 nitrogen and oxygen atoms in total. The van der Waals surface area contributed by atoms with E-state index in [1.807, 2.05) is 7.85 Å². The second-order valence-corrected chi connectivity index (χ2v) is 2.41. The first kappa shape index (κ1) is 7.06. The van der Waals surface area contributed by atoms with Crippen LogP contribution in [0.3, 0.4) is 0 Å². The van der Waals surface area contributed by atoms with Gasteiger partial charge in [0.05, 0.1) is 12.7 Å². The topological polar surface area (TPSA) is 41.5 Å². The van der Waals surface area contributed by atoms with Crippen LogP contribution in [0, 0.1) is 0 Å². The SMILES string of the molecule is B[C@H]1CNC[C@@H](CO)O1. The highest BCUT2D eigenvalue weighted by Crippen LogP contribution is 1.98. The minimum atomic E-state index is 0.00810. The van der Waals surface area contributed by atoms with E-state index >= 15 is 0 Å². The molecule has 0 radical (unpaired) electrons. The Bertz CT molecular complexity index is 91.0. The molecule has 0 spiro atoms. The van der Waals surface area contributed by atoms with E-state index in [1.165, 1.54) is 0 Å². The van der Waals surface area contributed by atoms with Crippen LogP contribution in [0.1, 0.15) is 0 Å². The summed E-state index contributed by atoms with van der Waals surface area (Å²) in [5.74, 6) is 0. The fourth-order valence-corrected chi connectivity index (χ4v) is 0.980. The zero-order valence-electron chi connectivity index (χ0n) is 5.63. The first-order chi connectivity index (χ1) is 4.33. The molecule has 0 aromatic rings. The average molecular weight is 129 g/mol. The van der Waals surface area contributed by atoms with E-state index in [4.69, 9.17) is 9.84 Å². The predicted octanol–water partition coefficient (Wildman–Crippen LogP) is -2.07. The largest absolute Gasteiger partial charge is 0.394 e. The van der Waals surface area contributed by atoms with E-state index in [0.29, 0.717) is 0 Å². The summed E-state index contributed by atoms with van der Waals surface area (Å²) in [5.41, 5.74) is 0. The molecule has 4 heteroatoms. The van der Waals surface area contributed by atoms with Crippen molar-refractivity contribution in [2.45, 2.75) is 12.1 Å². The third kappa shape index (κ3) is 1.97. The molecule has 0 aliphatic carbocycles. The standard InChI is InChI=1S/C5H12BNO2/c6-5-2-7-1-4(3-8)9-5/h4-5,7-8H,1-3,6H2/t4-,5+/m0/s1. The monoisotopic (exact) mass is 129 g/mol. The lowest BCUT2D eigenvalue weighted by molar-refractivity contribution is -0.0257. The molecule has 0 amide bonds. The van der Waals surface area contributed by atoms with Gasteiger partial charge >= 0.3 is 0 Å². The first-order valence-corrected chi connectivity index (χ1v) is 3.30. The molecule has 0 saturated carbocycles. The van der Waals surface area contributed by atoms with Gasteiger partial charge in [-0.3, -0.25) is 0 Å². The number of aliphatic hydroxyl groups is 1. The van der Waals surface area contributed by atoms with Gasteiger partial charge in [0.2, 0.25) is 0 Å². The van der Waals surface area contributed by atoms with Gasteiger partial charge in [-0.05, 0) is 0 Å². The van der Waals surface area contributed by atoms with Crippen molar-refractivity contribution in [2.75, 3.05) is 19.7 Å². The van der Waals surface area contributed by atoms with Crippen LogP contribution in [-0.2, 0) is 4.74 Å². The summed E-state index contributed by atoms with van der Waals surface area (Å²) >= 11 is 0. The van der Waals surface area contributed by atoms with Crippen molar-refractivity contribution in [1.82, 2.24) is 5.32 Å². The van der Waals surface area contributed by atoms with E-state index in [0.717, 1.165) is 13.1 Å². The molecule has 1 fully saturated rings. The molecule has 0 unspecified atom stereocenters. The number of ether oxygens (including phenoxy) is 1. The second-order valence-electron chi connectivity index (χ2n) is 2.41. The Labute approximate surface area is 55.8 Å². The lowest BCUT2D eigenvalue weighted by Crippen LogP contribution is -2.46. The zero-order chi connectivity index (χ0) is 6.69. The van der Waals surface area contributed by atoms with E-state index in [-0.39, 0.29) is 18.7 Å². The summed E-state index contributed by atoms with van der Waals surface area (Å²) in [6.07, 6.45) is 0.00810. The summed E-state index contributed by atoms with van der Waals surface area (Å²) in [5, 5.41) is 11.8. The summed E-state index contributed by atoms with van der Waals surface area (Å²) < 4.78 is 5.32.